The van der Waals surface area contributed by atoms with Gasteiger partial charge in [-0.1, -0.05) is 23.2 Å². The fourth-order valence-electron chi connectivity index (χ4n) is 2.06. The first kappa shape index (κ1) is 12.6. The number of aromatic nitrogens is 2. The van der Waals surface area contributed by atoms with E-state index in [1.807, 2.05) is 4.90 Å². The van der Waals surface area contributed by atoms with E-state index in [4.69, 9.17) is 23.2 Å². The Balaban J connectivity index is 2.18. The first-order valence-electron chi connectivity index (χ1n) is 5.52. The summed E-state index contributed by atoms with van der Waals surface area (Å²) in [4.78, 5) is 21.5. The van der Waals surface area contributed by atoms with Crippen LogP contribution in [0.1, 0.15) is 31.5 Å². The van der Waals surface area contributed by atoms with Gasteiger partial charge in [-0.15, -0.1) is 0 Å². The van der Waals surface area contributed by atoms with Crippen LogP contribution in [0, 0.1) is 0 Å². The van der Waals surface area contributed by atoms with Crippen LogP contribution in [0.25, 0.3) is 0 Å². The summed E-state index contributed by atoms with van der Waals surface area (Å²) in [6.07, 6.45) is 1.91. The molecule has 4 nitrogen and oxygen atoms in total. The minimum atomic E-state index is 0.0859. The van der Waals surface area contributed by atoms with Gasteiger partial charge in [0.15, 0.2) is 0 Å². The van der Waals surface area contributed by atoms with Crippen LogP contribution in [0.15, 0.2) is 6.07 Å². The van der Waals surface area contributed by atoms with Crippen molar-refractivity contribution in [3.63, 3.8) is 0 Å². The molecule has 0 spiro atoms. The highest BCUT2D eigenvalue weighted by atomic mass is 35.5. The first-order chi connectivity index (χ1) is 8.06. The Morgan fingerprint density at radius 1 is 1.41 bits per heavy atom. The number of carbonyl (C=O) groups excluding carboxylic acids is 1. The number of nitrogens with zero attached hydrogens (tertiary/aromatic N) is 3. The molecule has 0 bridgehead atoms. The molecule has 0 aliphatic carbocycles. The zero-order chi connectivity index (χ0) is 12.4. The molecule has 1 unspecified atom stereocenters. The molecule has 1 saturated heterocycles. The maximum atomic E-state index is 11.3. The van der Waals surface area contributed by atoms with E-state index >= 15 is 0 Å². The van der Waals surface area contributed by atoms with E-state index in [1.54, 1.807) is 6.92 Å². The Morgan fingerprint density at radius 2 is 2.06 bits per heavy atom. The van der Waals surface area contributed by atoms with Crippen molar-refractivity contribution < 1.29 is 4.79 Å². The Labute approximate surface area is 110 Å². The first-order valence-corrected chi connectivity index (χ1v) is 6.27. The molecule has 1 aromatic rings. The second-order valence-electron chi connectivity index (χ2n) is 4.18. The van der Waals surface area contributed by atoms with Crippen LogP contribution in [0.5, 0.6) is 0 Å². The zero-order valence-electron chi connectivity index (χ0n) is 9.49. The Morgan fingerprint density at radius 3 is 2.65 bits per heavy atom. The molecule has 92 valence electrons. The molecule has 17 heavy (non-hydrogen) atoms. The molecule has 1 atom stereocenters. The third-order valence-electron chi connectivity index (χ3n) is 2.91. The lowest BCUT2D eigenvalue weighted by Gasteiger charge is -2.31. The quantitative estimate of drug-likeness (QED) is 0.739. The van der Waals surface area contributed by atoms with Gasteiger partial charge in [0, 0.05) is 32.0 Å². The lowest BCUT2D eigenvalue weighted by Crippen LogP contribution is -2.38. The molecule has 1 aliphatic heterocycles. The molecular weight excluding hydrogens is 261 g/mol. The predicted octanol–water partition coefficient (Wildman–Crippen LogP) is 2.51. The number of halogens is 2. The largest absolute Gasteiger partial charge is 0.342 e. The van der Waals surface area contributed by atoms with Crippen molar-refractivity contribution in [2.24, 2.45) is 0 Å². The monoisotopic (exact) mass is 273 g/mol. The molecule has 0 radical (unpaired) electrons. The highest BCUT2D eigenvalue weighted by Gasteiger charge is 2.25. The van der Waals surface area contributed by atoms with Gasteiger partial charge in [0.25, 0.3) is 0 Å². The summed E-state index contributed by atoms with van der Waals surface area (Å²) in [5, 5.41) is 0.694. The summed E-state index contributed by atoms with van der Waals surface area (Å²) in [6.45, 7) is 3.03. The molecule has 6 heteroatoms. The summed E-state index contributed by atoms with van der Waals surface area (Å²) in [5.74, 6) is 0.847. The maximum absolute atomic E-state index is 11.3. The maximum Gasteiger partial charge on any atom is 0.219 e. The highest BCUT2D eigenvalue weighted by molar-refractivity contribution is 6.33. The van der Waals surface area contributed by atoms with Crippen molar-refractivity contribution in [1.82, 2.24) is 14.9 Å². The molecule has 2 rings (SSSR count). The standard InChI is InChI=1S/C11H13Cl2N3O/c1-7(17)16-4-2-3-8(6-16)11-14-9(12)5-10(13)15-11/h5,8H,2-4,6H2,1H3. The van der Waals surface area contributed by atoms with E-state index in [9.17, 15) is 4.79 Å². The van der Waals surface area contributed by atoms with Gasteiger partial charge in [0.2, 0.25) is 5.91 Å². The van der Waals surface area contributed by atoms with Gasteiger partial charge in [-0.2, -0.15) is 0 Å². The molecule has 1 aromatic heterocycles. The summed E-state index contributed by atoms with van der Waals surface area (Å²) in [7, 11) is 0. The third-order valence-corrected chi connectivity index (χ3v) is 3.30. The molecule has 0 aromatic carbocycles. The average molecular weight is 274 g/mol. The average Bonchev–Trinajstić information content (AvgIpc) is 2.28. The molecule has 0 saturated carbocycles. The van der Waals surface area contributed by atoms with E-state index in [-0.39, 0.29) is 11.8 Å². The number of likely N-dealkylation sites (tertiary alicyclic amines) is 1. The molecule has 1 fully saturated rings. The van der Waals surface area contributed by atoms with Crippen LogP contribution >= 0.6 is 23.2 Å². The minimum Gasteiger partial charge on any atom is -0.342 e. The van der Waals surface area contributed by atoms with E-state index < -0.39 is 0 Å². The third kappa shape index (κ3) is 3.07. The molecule has 2 heterocycles. The summed E-state index contributed by atoms with van der Waals surface area (Å²) in [6, 6.07) is 1.51. The smallest absolute Gasteiger partial charge is 0.219 e. The van der Waals surface area contributed by atoms with Gasteiger partial charge in [-0.25, -0.2) is 9.97 Å². The van der Waals surface area contributed by atoms with Crippen molar-refractivity contribution in [2.75, 3.05) is 13.1 Å². The SMILES string of the molecule is CC(=O)N1CCCC(c2nc(Cl)cc(Cl)n2)C1. The zero-order valence-corrected chi connectivity index (χ0v) is 11.0. The van der Waals surface area contributed by atoms with Gasteiger partial charge >= 0.3 is 0 Å². The summed E-state index contributed by atoms with van der Waals surface area (Å²) >= 11 is 11.7. The number of carbonyl (C=O) groups is 1. The van der Waals surface area contributed by atoms with Crippen molar-refractivity contribution in [1.29, 1.82) is 0 Å². The fourth-order valence-corrected chi connectivity index (χ4v) is 2.50. The molecule has 0 N–H and O–H groups in total. The van der Waals surface area contributed by atoms with Crippen LogP contribution in [0.2, 0.25) is 10.3 Å². The highest BCUT2D eigenvalue weighted by Crippen LogP contribution is 2.26. The second-order valence-corrected chi connectivity index (χ2v) is 4.95. The van der Waals surface area contributed by atoms with Gasteiger partial charge in [0.1, 0.15) is 16.1 Å². The van der Waals surface area contributed by atoms with Gasteiger partial charge in [0.05, 0.1) is 0 Å². The molecule has 1 amide bonds. The molecule has 1 aliphatic rings. The van der Waals surface area contributed by atoms with Gasteiger partial charge in [-0.05, 0) is 12.8 Å². The Hall–Kier alpha value is -0.870. The second kappa shape index (κ2) is 5.19. The fraction of sp³-hybridized carbons (Fsp3) is 0.545. The van der Waals surface area contributed by atoms with Crippen LogP contribution in [0.4, 0.5) is 0 Å². The lowest BCUT2D eigenvalue weighted by atomic mass is 9.97. The van der Waals surface area contributed by atoms with Crippen LogP contribution in [-0.4, -0.2) is 33.9 Å². The number of hydrogen-bond donors (Lipinski definition) is 0. The Bertz CT molecular complexity index is 418. The van der Waals surface area contributed by atoms with Crippen molar-refractivity contribution in [3.05, 3.63) is 22.2 Å². The number of piperidine rings is 1. The number of rotatable bonds is 1. The number of amides is 1. The topological polar surface area (TPSA) is 46.1 Å². The summed E-state index contributed by atoms with van der Waals surface area (Å²) < 4.78 is 0. The molecular formula is C11H13Cl2N3O. The predicted molar refractivity (Wildman–Crippen MR) is 66.3 cm³/mol. The normalized spacial score (nSPS) is 20.4. The lowest BCUT2D eigenvalue weighted by molar-refractivity contribution is -0.130. The number of hydrogen-bond acceptors (Lipinski definition) is 3. The van der Waals surface area contributed by atoms with Crippen molar-refractivity contribution in [3.8, 4) is 0 Å². The van der Waals surface area contributed by atoms with Crippen LogP contribution in [0.3, 0.4) is 0 Å². The summed E-state index contributed by atoms with van der Waals surface area (Å²) in [5.41, 5.74) is 0. The van der Waals surface area contributed by atoms with Gasteiger partial charge in [-0.3, -0.25) is 4.79 Å². The van der Waals surface area contributed by atoms with Gasteiger partial charge < -0.3 is 4.90 Å². The van der Waals surface area contributed by atoms with Crippen molar-refractivity contribution in [2.45, 2.75) is 25.7 Å². The van der Waals surface area contributed by atoms with Crippen LogP contribution in [-0.2, 0) is 4.79 Å². The van der Waals surface area contributed by atoms with Crippen LogP contribution < -0.4 is 0 Å². The minimum absolute atomic E-state index is 0.0859. The van der Waals surface area contributed by atoms with E-state index in [0.29, 0.717) is 22.7 Å². The van der Waals surface area contributed by atoms with Crippen molar-refractivity contribution >= 4 is 29.1 Å². The van der Waals surface area contributed by atoms with E-state index in [2.05, 4.69) is 9.97 Å². The van der Waals surface area contributed by atoms with E-state index in [0.717, 1.165) is 19.4 Å². The Kier molecular flexibility index (Phi) is 3.84. The van der Waals surface area contributed by atoms with E-state index in [1.165, 1.54) is 6.07 Å².